The van der Waals surface area contributed by atoms with Crippen molar-refractivity contribution in [3.05, 3.63) is 65.5 Å². The molecule has 1 heterocycles. The number of benzene rings is 2. The molecule has 3 rings (SSSR count). The van der Waals surface area contributed by atoms with E-state index in [1.54, 1.807) is 4.90 Å². The lowest BCUT2D eigenvalue weighted by atomic mass is 10.2. The SMILES string of the molecule is COc1ccc(C(=O)OC(C)C(=O)N2CCN(Cc3ccccc3)CC2)c(F)c1. The average Bonchev–Trinajstić information content (AvgIpc) is 2.74. The Labute approximate surface area is 169 Å². The maximum Gasteiger partial charge on any atom is 0.341 e. The normalized spacial score (nSPS) is 15.6. The van der Waals surface area contributed by atoms with Crippen LogP contribution in [0.3, 0.4) is 0 Å². The average molecular weight is 400 g/mol. The van der Waals surface area contributed by atoms with Crippen LogP contribution in [0, 0.1) is 5.82 Å². The fourth-order valence-electron chi connectivity index (χ4n) is 3.29. The molecule has 1 aliphatic heterocycles. The van der Waals surface area contributed by atoms with E-state index in [1.165, 1.54) is 31.7 Å². The van der Waals surface area contributed by atoms with Gasteiger partial charge >= 0.3 is 5.97 Å². The van der Waals surface area contributed by atoms with Crippen molar-refractivity contribution >= 4 is 11.9 Å². The van der Waals surface area contributed by atoms with E-state index in [-0.39, 0.29) is 11.5 Å². The zero-order valence-electron chi connectivity index (χ0n) is 16.6. The monoisotopic (exact) mass is 400 g/mol. The molecule has 1 amide bonds. The van der Waals surface area contributed by atoms with Crippen LogP contribution in [0.5, 0.6) is 5.75 Å². The number of nitrogens with zero attached hydrogens (tertiary/aromatic N) is 2. The second-order valence-corrected chi connectivity index (χ2v) is 6.98. The van der Waals surface area contributed by atoms with E-state index in [4.69, 9.17) is 9.47 Å². The van der Waals surface area contributed by atoms with Gasteiger partial charge in [-0.3, -0.25) is 9.69 Å². The van der Waals surface area contributed by atoms with Crippen molar-refractivity contribution in [2.75, 3.05) is 33.3 Å². The standard InChI is InChI=1S/C22H25FN2O4/c1-16(29-22(27)19-9-8-18(28-2)14-20(19)23)21(26)25-12-10-24(11-13-25)15-17-6-4-3-5-7-17/h3-9,14,16H,10-13,15H2,1-2H3. The van der Waals surface area contributed by atoms with Gasteiger partial charge < -0.3 is 14.4 Å². The molecule has 7 heteroatoms. The highest BCUT2D eigenvalue weighted by atomic mass is 19.1. The van der Waals surface area contributed by atoms with Gasteiger partial charge in [-0.2, -0.15) is 0 Å². The highest BCUT2D eigenvalue weighted by Crippen LogP contribution is 2.18. The minimum Gasteiger partial charge on any atom is -0.497 e. The van der Waals surface area contributed by atoms with Crippen molar-refractivity contribution in [3.8, 4) is 5.75 Å². The van der Waals surface area contributed by atoms with E-state index in [0.717, 1.165) is 25.7 Å². The third-order valence-electron chi connectivity index (χ3n) is 4.96. The van der Waals surface area contributed by atoms with Gasteiger partial charge in [0.25, 0.3) is 5.91 Å². The van der Waals surface area contributed by atoms with Gasteiger partial charge in [0, 0.05) is 38.8 Å². The molecule has 0 saturated carbocycles. The number of carbonyl (C=O) groups is 2. The van der Waals surface area contributed by atoms with Crippen molar-refractivity contribution in [3.63, 3.8) is 0 Å². The molecule has 2 aromatic carbocycles. The Kier molecular flexibility index (Phi) is 6.82. The van der Waals surface area contributed by atoms with Gasteiger partial charge in [-0.05, 0) is 24.6 Å². The first kappa shape index (κ1) is 20.8. The molecule has 0 spiro atoms. The predicted molar refractivity (Wildman–Crippen MR) is 106 cm³/mol. The van der Waals surface area contributed by atoms with Crippen LogP contribution in [-0.4, -0.2) is 61.1 Å². The van der Waals surface area contributed by atoms with Gasteiger partial charge in [-0.15, -0.1) is 0 Å². The maximum absolute atomic E-state index is 14.0. The Morgan fingerprint density at radius 3 is 2.38 bits per heavy atom. The van der Waals surface area contributed by atoms with Crippen molar-refractivity contribution < 1.29 is 23.5 Å². The van der Waals surface area contributed by atoms with E-state index in [2.05, 4.69) is 17.0 Å². The highest BCUT2D eigenvalue weighted by Gasteiger charge is 2.28. The lowest BCUT2D eigenvalue weighted by Crippen LogP contribution is -2.51. The van der Waals surface area contributed by atoms with Crippen molar-refractivity contribution in [2.45, 2.75) is 19.6 Å². The summed E-state index contributed by atoms with van der Waals surface area (Å²) in [5.41, 5.74) is 1.01. The Morgan fingerprint density at radius 2 is 1.76 bits per heavy atom. The first-order chi connectivity index (χ1) is 14.0. The Hall–Kier alpha value is -2.93. The lowest BCUT2D eigenvalue weighted by Gasteiger charge is -2.35. The molecule has 29 heavy (non-hydrogen) atoms. The highest BCUT2D eigenvalue weighted by molar-refractivity contribution is 5.92. The lowest BCUT2D eigenvalue weighted by molar-refractivity contribution is -0.141. The number of amides is 1. The molecular formula is C22H25FN2O4. The topological polar surface area (TPSA) is 59.1 Å². The first-order valence-electron chi connectivity index (χ1n) is 9.57. The van der Waals surface area contributed by atoms with Gasteiger partial charge in [-0.25, -0.2) is 9.18 Å². The molecular weight excluding hydrogens is 375 g/mol. The van der Waals surface area contributed by atoms with Crippen LogP contribution >= 0.6 is 0 Å². The molecule has 1 fully saturated rings. The van der Waals surface area contributed by atoms with Gasteiger partial charge in [0.15, 0.2) is 6.10 Å². The maximum atomic E-state index is 14.0. The van der Waals surface area contributed by atoms with Crippen LogP contribution < -0.4 is 4.74 Å². The molecule has 1 saturated heterocycles. The number of esters is 1. The summed E-state index contributed by atoms with van der Waals surface area (Å²) < 4.78 is 24.2. The summed E-state index contributed by atoms with van der Waals surface area (Å²) >= 11 is 0. The fraction of sp³-hybridized carbons (Fsp3) is 0.364. The number of ether oxygens (including phenoxy) is 2. The van der Waals surface area contributed by atoms with Gasteiger partial charge in [0.05, 0.1) is 12.7 Å². The first-order valence-corrected chi connectivity index (χ1v) is 9.57. The molecule has 0 N–H and O–H groups in total. The second-order valence-electron chi connectivity index (χ2n) is 6.98. The van der Waals surface area contributed by atoms with Crippen molar-refractivity contribution in [1.82, 2.24) is 9.80 Å². The number of rotatable bonds is 6. The summed E-state index contributed by atoms with van der Waals surface area (Å²) in [6.45, 7) is 4.96. The van der Waals surface area contributed by atoms with Gasteiger partial charge in [0.2, 0.25) is 0 Å². The number of piperazine rings is 1. The number of hydrogen-bond donors (Lipinski definition) is 0. The summed E-state index contributed by atoms with van der Waals surface area (Å²) in [5.74, 6) is -1.58. The third-order valence-corrected chi connectivity index (χ3v) is 4.96. The molecule has 6 nitrogen and oxygen atoms in total. The zero-order chi connectivity index (χ0) is 20.8. The summed E-state index contributed by atoms with van der Waals surface area (Å²) in [6.07, 6.45) is -0.982. The summed E-state index contributed by atoms with van der Waals surface area (Å²) in [7, 11) is 1.41. The minimum absolute atomic E-state index is 0.224. The molecule has 0 aliphatic carbocycles. The molecule has 1 atom stereocenters. The van der Waals surface area contributed by atoms with Crippen LogP contribution in [0.15, 0.2) is 48.5 Å². The Morgan fingerprint density at radius 1 is 1.07 bits per heavy atom. The number of halogens is 1. The fourth-order valence-corrected chi connectivity index (χ4v) is 3.29. The molecule has 154 valence electrons. The number of carbonyl (C=O) groups excluding carboxylic acids is 2. The van der Waals surface area contributed by atoms with Crippen LogP contribution in [-0.2, 0) is 16.1 Å². The number of methoxy groups -OCH3 is 1. The quantitative estimate of drug-likeness (QED) is 0.698. The number of hydrogen-bond acceptors (Lipinski definition) is 5. The molecule has 0 aromatic heterocycles. The summed E-state index contributed by atoms with van der Waals surface area (Å²) in [5, 5.41) is 0. The van der Waals surface area contributed by atoms with Crippen LogP contribution in [0.25, 0.3) is 0 Å². The molecule has 0 radical (unpaired) electrons. The summed E-state index contributed by atoms with van der Waals surface area (Å²) in [4.78, 5) is 28.8. The second kappa shape index (κ2) is 9.52. The minimum atomic E-state index is -0.982. The Balaban J connectivity index is 1.51. The van der Waals surface area contributed by atoms with Crippen molar-refractivity contribution in [1.29, 1.82) is 0 Å². The van der Waals surface area contributed by atoms with Crippen molar-refractivity contribution in [2.24, 2.45) is 0 Å². The smallest absolute Gasteiger partial charge is 0.341 e. The van der Waals surface area contributed by atoms with Crippen LogP contribution in [0.1, 0.15) is 22.8 Å². The van der Waals surface area contributed by atoms with Crippen LogP contribution in [0.2, 0.25) is 0 Å². The molecule has 2 aromatic rings. The molecule has 1 unspecified atom stereocenters. The third kappa shape index (κ3) is 5.32. The van der Waals surface area contributed by atoms with Crippen LogP contribution in [0.4, 0.5) is 4.39 Å². The molecule has 1 aliphatic rings. The van der Waals surface area contributed by atoms with E-state index in [9.17, 15) is 14.0 Å². The zero-order valence-corrected chi connectivity index (χ0v) is 16.6. The molecule has 0 bridgehead atoms. The predicted octanol–water partition coefficient (Wildman–Crippen LogP) is 2.72. The largest absolute Gasteiger partial charge is 0.497 e. The van der Waals surface area contributed by atoms with E-state index >= 15 is 0 Å². The van der Waals surface area contributed by atoms with E-state index in [1.807, 2.05) is 18.2 Å². The van der Waals surface area contributed by atoms with Gasteiger partial charge in [-0.1, -0.05) is 30.3 Å². The van der Waals surface area contributed by atoms with Gasteiger partial charge in [0.1, 0.15) is 11.6 Å². The Bertz CT molecular complexity index is 851. The van der Waals surface area contributed by atoms with E-state index < -0.39 is 17.9 Å². The van der Waals surface area contributed by atoms with E-state index in [0.29, 0.717) is 18.8 Å². The summed E-state index contributed by atoms with van der Waals surface area (Å²) in [6, 6.07) is 14.0.